The summed E-state index contributed by atoms with van der Waals surface area (Å²) >= 11 is 0. The van der Waals surface area contributed by atoms with Gasteiger partial charge in [-0.25, -0.2) is 17.5 Å². The Hall–Kier alpha value is -2.03. The standard InChI is InChI=1S/C12H14FN5O2S/c13-10-2-1-8(7-11(10)14)12-15-16-17-18(12)9-3-5-21(19,20)6-4-9/h1-2,7,9H,3-6,14H2. The van der Waals surface area contributed by atoms with Crippen LogP contribution in [0.5, 0.6) is 0 Å². The van der Waals surface area contributed by atoms with Crippen LogP contribution in [0, 0.1) is 5.82 Å². The summed E-state index contributed by atoms with van der Waals surface area (Å²) in [5, 5.41) is 11.5. The first kappa shape index (κ1) is 13.9. The van der Waals surface area contributed by atoms with Gasteiger partial charge in [-0.2, -0.15) is 0 Å². The van der Waals surface area contributed by atoms with Gasteiger partial charge in [-0.05, 0) is 41.5 Å². The first-order chi connectivity index (χ1) is 9.96. The number of hydrogen-bond donors (Lipinski definition) is 1. The molecular weight excluding hydrogens is 297 g/mol. The Morgan fingerprint density at radius 1 is 1.29 bits per heavy atom. The van der Waals surface area contributed by atoms with Crippen LogP contribution in [-0.4, -0.2) is 40.1 Å². The molecule has 1 aliphatic heterocycles. The van der Waals surface area contributed by atoms with Gasteiger partial charge in [0.15, 0.2) is 5.82 Å². The van der Waals surface area contributed by atoms with E-state index in [0.29, 0.717) is 24.2 Å². The quantitative estimate of drug-likeness (QED) is 0.823. The molecule has 2 aromatic rings. The predicted molar refractivity (Wildman–Crippen MR) is 74.5 cm³/mol. The van der Waals surface area contributed by atoms with Gasteiger partial charge in [-0.1, -0.05) is 0 Å². The highest BCUT2D eigenvalue weighted by atomic mass is 32.2. The largest absolute Gasteiger partial charge is 0.396 e. The van der Waals surface area contributed by atoms with Gasteiger partial charge in [0, 0.05) is 5.56 Å². The van der Waals surface area contributed by atoms with Crippen molar-refractivity contribution in [1.82, 2.24) is 20.2 Å². The lowest BCUT2D eigenvalue weighted by Crippen LogP contribution is -2.26. The van der Waals surface area contributed by atoms with Crippen molar-refractivity contribution in [2.45, 2.75) is 18.9 Å². The summed E-state index contributed by atoms with van der Waals surface area (Å²) in [4.78, 5) is 0. The van der Waals surface area contributed by atoms with Crippen molar-refractivity contribution in [3.63, 3.8) is 0 Å². The molecule has 0 amide bonds. The number of nitrogen functional groups attached to an aromatic ring is 1. The second kappa shape index (κ2) is 5.06. The van der Waals surface area contributed by atoms with Crippen molar-refractivity contribution in [2.24, 2.45) is 0 Å². The highest BCUT2D eigenvalue weighted by molar-refractivity contribution is 7.91. The molecule has 0 aliphatic carbocycles. The smallest absolute Gasteiger partial charge is 0.182 e. The summed E-state index contributed by atoms with van der Waals surface area (Å²) in [6.45, 7) is 0. The highest BCUT2D eigenvalue weighted by Crippen LogP contribution is 2.28. The summed E-state index contributed by atoms with van der Waals surface area (Å²) in [7, 11) is -2.95. The fourth-order valence-electron chi connectivity index (χ4n) is 2.43. The van der Waals surface area contributed by atoms with Gasteiger partial charge in [0.05, 0.1) is 23.2 Å². The van der Waals surface area contributed by atoms with E-state index in [1.165, 1.54) is 12.1 Å². The first-order valence-electron chi connectivity index (χ1n) is 6.50. The molecule has 1 fully saturated rings. The molecule has 3 rings (SSSR count). The number of nitrogens with zero attached hydrogens (tertiary/aromatic N) is 4. The van der Waals surface area contributed by atoms with E-state index in [1.54, 1.807) is 10.7 Å². The normalized spacial score (nSPS) is 18.7. The molecule has 0 spiro atoms. The molecular formula is C12H14FN5O2S. The van der Waals surface area contributed by atoms with E-state index in [2.05, 4.69) is 15.5 Å². The zero-order valence-electron chi connectivity index (χ0n) is 11.1. The topological polar surface area (TPSA) is 104 Å². The summed E-state index contributed by atoms with van der Waals surface area (Å²) in [6.07, 6.45) is 0.939. The number of rotatable bonds is 2. The lowest BCUT2D eigenvalue weighted by Gasteiger charge is -2.22. The number of benzene rings is 1. The maximum absolute atomic E-state index is 13.2. The summed E-state index contributed by atoms with van der Waals surface area (Å²) in [5.74, 6) is 0.220. The monoisotopic (exact) mass is 311 g/mol. The molecule has 0 unspecified atom stereocenters. The van der Waals surface area contributed by atoms with Crippen molar-refractivity contribution in [2.75, 3.05) is 17.2 Å². The van der Waals surface area contributed by atoms with Crippen molar-refractivity contribution < 1.29 is 12.8 Å². The van der Waals surface area contributed by atoms with Crippen molar-refractivity contribution >= 4 is 15.5 Å². The summed E-state index contributed by atoms with van der Waals surface area (Å²) < 4.78 is 37.8. The average Bonchev–Trinajstić information content (AvgIpc) is 2.91. The molecule has 1 aliphatic rings. The molecule has 2 heterocycles. The zero-order valence-corrected chi connectivity index (χ0v) is 11.9. The average molecular weight is 311 g/mol. The third-order valence-electron chi connectivity index (χ3n) is 3.62. The lowest BCUT2D eigenvalue weighted by atomic mass is 10.1. The molecule has 7 nitrogen and oxygen atoms in total. The fraction of sp³-hybridized carbons (Fsp3) is 0.417. The van der Waals surface area contributed by atoms with Crippen LogP contribution in [0.3, 0.4) is 0 Å². The van der Waals surface area contributed by atoms with Gasteiger partial charge >= 0.3 is 0 Å². The Balaban J connectivity index is 1.92. The molecule has 112 valence electrons. The van der Waals surface area contributed by atoms with Gasteiger partial charge < -0.3 is 5.73 Å². The van der Waals surface area contributed by atoms with Gasteiger partial charge in [-0.15, -0.1) is 5.10 Å². The molecule has 9 heteroatoms. The van der Waals surface area contributed by atoms with Crippen LogP contribution in [0.25, 0.3) is 11.4 Å². The van der Waals surface area contributed by atoms with Crippen LogP contribution in [0.4, 0.5) is 10.1 Å². The number of anilines is 1. The highest BCUT2D eigenvalue weighted by Gasteiger charge is 2.27. The number of aromatic nitrogens is 4. The van der Waals surface area contributed by atoms with E-state index in [1.807, 2.05) is 0 Å². The van der Waals surface area contributed by atoms with Crippen LogP contribution in [0.15, 0.2) is 18.2 Å². The van der Waals surface area contributed by atoms with E-state index >= 15 is 0 Å². The van der Waals surface area contributed by atoms with Gasteiger partial charge in [-0.3, -0.25) is 0 Å². The van der Waals surface area contributed by atoms with Crippen LogP contribution in [0.1, 0.15) is 18.9 Å². The van der Waals surface area contributed by atoms with E-state index in [0.717, 1.165) is 0 Å². The Labute approximate surface area is 120 Å². The minimum atomic E-state index is -2.95. The van der Waals surface area contributed by atoms with Crippen molar-refractivity contribution in [3.05, 3.63) is 24.0 Å². The van der Waals surface area contributed by atoms with Gasteiger partial charge in [0.1, 0.15) is 15.7 Å². The molecule has 0 bridgehead atoms. The van der Waals surface area contributed by atoms with E-state index in [4.69, 9.17) is 5.73 Å². The number of halogens is 1. The van der Waals surface area contributed by atoms with Crippen LogP contribution >= 0.6 is 0 Å². The number of nitrogens with two attached hydrogens (primary N) is 1. The van der Waals surface area contributed by atoms with Crippen molar-refractivity contribution in [3.8, 4) is 11.4 Å². The Morgan fingerprint density at radius 3 is 2.67 bits per heavy atom. The number of sulfone groups is 1. The maximum atomic E-state index is 13.2. The van der Waals surface area contributed by atoms with Crippen LogP contribution in [0.2, 0.25) is 0 Å². The second-order valence-corrected chi connectivity index (χ2v) is 7.37. The Kier molecular flexibility index (Phi) is 3.36. The first-order valence-corrected chi connectivity index (χ1v) is 8.32. The molecule has 0 atom stereocenters. The van der Waals surface area contributed by atoms with Gasteiger partial charge in [0.25, 0.3) is 0 Å². The van der Waals surface area contributed by atoms with Crippen LogP contribution < -0.4 is 5.73 Å². The molecule has 1 aromatic heterocycles. The summed E-state index contributed by atoms with van der Waals surface area (Å²) in [5.41, 5.74) is 6.18. The summed E-state index contributed by atoms with van der Waals surface area (Å²) in [6, 6.07) is 4.20. The minimum Gasteiger partial charge on any atom is -0.396 e. The Morgan fingerprint density at radius 2 is 2.00 bits per heavy atom. The predicted octanol–water partition coefficient (Wildman–Crippen LogP) is 0.811. The Bertz CT molecular complexity index is 760. The zero-order chi connectivity index (χ0) is 15.0. The SMILES string of the molecule is Nc1cc(-c2nnnn2C2CCS(=O)(=O)CC2)ccc1F. The third-order valence-corrected chi connectivity index (χ3v) is 5.33. The number of hydrogen-bond acceptors (Lipinski definition) is 6. The van der Waals surface area contributed by atoms with E-state index in [-0.39, 0.29) is 23.2 Å². The fourth-order valence-corrected chi connectivity index (χ4v) is 3.90. The maximum Gasteiger partial charge on any atom is 0.182 e. The van der Waals surface area contributed by atoms with E-state index in [9.17, 15) is 12.8 Å². The lowest BCUT2D eigenvalue weighted by molar-refractivity contribution is 0.408. The molecule has 1 aromatic carbocycles. The van der Waals surface area contributed by atoms with Crippen LogP contribution in [-0.2, 0) is 9.84 Å². The molecule has 1 saturated heterocycles. The molecule has 21 heavy (non-hydrogen) atoms. The molecule has 2 N–H and O–H groups in total. The van der Waals surface area contributed by atoms with Crippen molar-refractivity contribution in [1.29, 1.82) is 0 Å². The second-order valence-electron chi connectivity index (χ2n) is 5.07. The molecule has 0 saturated carbocycles. The van der Waals surface area contributed by atoms with E-state index < -0.39 is 15.7 Å². The molecule has 0 radical (unpaired) electrons. The third kappa shape index (κ3) is 2.73. The minimum absolute atomic E-state index is 0.0215. The van der Waals surface area contributed by atoms with Gasteiger partial charge in [0.2, 0.25) is 0 Å². The number of tetrazole rings is 1.